The maximum atomic E-state index is 12.5. The molecule has 1 aromatic heterocycles. The highest BCUT2D eigenvalue weighted by atomic mass is 16.5. The lowest BCUT2D eigenvalue weighted by Crippen LogP contribution is -2.45. The number of nitriles is 1. The van der Waals surface area contributed by atoms with Gasteiger partial charge in [-0.2, -0.15) is 5.26 Å². The molecule has 0 aliphatic heterocycles. The number of ether oxygens (including phenoxy) is 1. The Morgan fingerprint density at radius 1 is 1.29 bits per heavy atom. The van der Waals surface area contributed by atoms with Crippen molar-refractivity contribution in [2.75, 3.05) is 0 Å². The Kier molecular flexibility index (Phi) is 4.76. The molecule has 1 aliphatic carbocycles. The van der Waals surface area contributed by atoms with Crippen molar-refractivity contribution in [2.24, 2.45) is 0 Å². The summed E-state index contributed by atoms with van der Waals surface area (Å²) in [7, 11) is 0. The molecule has 0 spiro atoms. The van der Waals surface area contributed by atoms with Gasteiger partial charge in [-0.05, 0) is 49.9 Å². The van der Waals surface area contributed by atoms with E-state index in [0.29, 0.717) is 30.8 Å². The number of nitrogens with zero attached hydrogens (tertiary/aromatic N) is 2. The van der Waals surface area contributed by atoms with Gasteiger partial charge in [0.25, 0.3) is 5.91 Å². The predicted molar refractivity (Wildman–Crippen MR) is 89.3 cm³/mol. The Hall–Kier alpha value is -2.87. The molecule has 1 aromatic carbocycles. The van der Waals surface area contributed by atoms with Crippen LogP contribution in [0.3, 0.4) is 0 Å². The van der Waals surface area contributed by atoms with Gasteiger partial charge in [0.15, 0.2) is 0 Å². The Labute approximate surface area is 141 Å². The lowest BCUT2D eigenvalue weighted by Gasteiger charge is -2.22. The molecule has 1 amide bonds. The van der Waals surface area contributed by atoms with Gasteiger partial charge in [-0.3, -0.25) is 9.78 Å². The molecule has 1 heterocycles. The fourth-order valence-electron chi connectivity index (χ4n) is 2.91. The molecule has 1 fully saturated rings. The molecule has 0 radical (unpaired) electrons. The Morgan fingerprint density at radius 3 is 2.83 bits per heavy atom. The van der Waals surface area contributed by atoms with Crippen LogP contribution in [-0.4, -0.2) is 16.4 Å². The van der Waals surface area contributed by atoms with Crippen LogP contribution in [0.4, 0.5) is 0 Å². The number of aromatic nitrogens is 1. The van der Waals surface area contributed by atoms with Crippen LogP contribution < -0.4 is 10.1 Å². The van der Waals surface area contributed by atoms with Crippen molar-refractivity contribution < 1.29 is 9.53 Å². The quantitative estimate of drug-likeness (QED) is 0.917. The number of amides is 1. The van der Waals surface area contributed by atoms with Crippen molar-refractivity contribution in [1.29, 1.82) is 5.26 Å². The topological polar surface area (TPSA) is 75.0 Å². The largest absolute Gasteiger partial charge is 0.489 e. The van der Waals surface area contributed by atoms with Gasteiger partial charge in [-0.15, -0.1) is 0 Å². The first-order valence-corrected chi connectivity index (χ1v) is 8.06. The highest BCUT2D eigenvalue weighted by molar-refractivity contribution is 5.95. The fraction of sp³-hybridized carbons (Fsp3) is 0.316. The van der Waals surface area contributed by atoms with Crippen molar-refractivity contribution in [1.82, 2.24) is 10.3 Å². The molecule has 1 N–H and O–H groups in total. The Balaban J connectivity index is 1.66. The van der Waals surface area contributed by atoms with Crippen LogP contribution in [0.15, 0.2) is 48.8 Å². The summed E-state index contributed by atoms with van der Waals surface area (Å²) < 4.78 is 5.72. The second-order valence-corrected chi connectivity index (χ2v) is 6.03. The van der Waals surface area contributed by atoms with E-state index in [1.54, 1.807) is 30.6 Å². The average Bonchev–Trinajstić information content (AvgIpc) is 3.10. The van der Waals surface area contributed by atoms with Crippen LogP contribution in [0.2, 0.25) is 0 Å². The van der Waals surface area contributed by atoms with E-state index >= 15 is 0 Å². The third-order valence-corrected chi connectivity index (χ3v) is 4.25. The van der Waals surface area contributed by atoms with E-state index in [1.165, 1.54) is 0 Å². The molecule has 1 aliphatic rings. The first-order valence-electron chi connectivity index (χ1n) is 8.06. The average molecular weight is 321 g/mol. The van der Waals surface area contributed by atoms with Crippen LogP contribution in [0.1, 0.15) is 41.6 Å². The van der Waals surface area contributed by atoms with Gasteiger partial charge in [0.05, 0.1) is 6.07 Å². The summed E-state index contributed by atoms with van der Waals surface area (Å²) in [5.41, 5.74) is 0.742. The Morgan fingerprint density at radius 2 is 2.12 bits per heavy atom. The number of hydrogen-bond donors (Lipinski definition) is 1. The smallest absolute Gasteiger partial charge is 0.252 e. The summed E-state index contributed by atoms with van der Waals surface area (Å²) in [4.78, 5) is 16.5. The molecule has 122 valence electrons. The van der Waals surface area contributed by atoms with E-state index in [2.05, 4.69) is 16.4 Å². The van der Waals surface area contributed by atoms with E-state index in [9.17, 15) is 10.1 Å². The minimum atomic E-state index is -0.719. The van der Waals surface area contributed by atoms with E-state index in [0.717, 1.165) is 18.4 Å². The second-order valence-electron chi connectivity index (χ2n) is 6.03. The molecule has 0 unspecified atom stereocenters. The van der Waals surface area contributed by atoms with Gasteiger partial charge < -0.3 is 10.1 Å². The number of rotatable bonds is 5. The SMILES string of the molecule is N#CC1(NC(=O)c2cccc(OCc3cccnc3)c2)CCCC1. The fourth-order valence-corrected chi connectivity index (χ4v) is 2.91. The van der Waals surface area contributed by atoms with Crippen molar-refractivity contribution in [3.63, 3.8) is 0 Å². The van der Waals surface area contributed by atoms with Crippen LogP contribution in [0, 0.1) is 11.3 Å². The summed E-state index contributed by atoms with van der Waals surface area (Å²) in [6.07, 6.45) is 6.83. The third-order valence-electron chi connectivity index (χ3n) is 4.25. The molecule has 24 heavy (non-hydrogen) atoms. The third kappa shape index (κ3) is 3.72. The summed E-state index contributed by atoms with van der Waals surface area (Å²) >= 11 is 0. The predicted octanol–water partition coefficient (Wildman–Crippen LogP) is 3.23. The lowest BCUT2D eigenvalue weighted by atomic mass is 9.99. The van der Waals surface area contributed by atoms with E-state index in [4.69, 9.17) is 4.74 Å². The molecular formula is C19H19N3O2. The summed E-state index contributed by atoms with van der Waals surface area (Å²) in [6.45, 7) is 0.390. The normalized spacial score (nSPS) is 15.5. The van der Waals surface area contributed by atoms with Crippen LogP contribution in [0.5, 0.6) is 5.75 Å². The van der Waals surface area contributed by atoms with Gasteiger partial charge in [-0.1, -0.05) is 12.1 Å². The van der Waals surface area contributed by atoms with Crippen LogP contribution >= 0.6 is 0 Å². The summed E-state index contributed by atoms with van der Waals surface area (Å²) in [5, 5.41) is 12.3. The number of pyridine rings is 1. The van der Waals surface area contributed by atoms with Crippen LogP contribution in [-0.2, 0) is 6.61 Å². The number of benzene rings is 1. The van der Waals surface area contributed by atoms with Crippen molar-refractivity contribution in [3.8, 4) is 11.8 Å². The lowest BCUT2D eigenvalue weighted by molar-refractivity contribution is 0.0920. The molecule has 5 heteroatoms. The minimum absolute atomic E-state index is 0.231. The molecule has 0 atom stereocenters. The zero-order chi connectivity index (χ0) is 16.8. The highest BCUT2D eigenvalue weighted by Crippen LogP contribution is 2.29. The van der Waals surface area contributed by atoms with Gasteiger partial charge in [-0.25, -0.2) is 0 Å². The standard InChI is InChI=1S/C19H19N3O2/c20-14-19(8-1-2-9-19)22-18(23)16-6-3-7-17(11-16)24-13-15-5-4-10-21-12-15/h3-7,10-12H,1-2,8-9,13H2,(H,22,23). The molecule has 0 saturated heterocycles. The number of nitrogens with one attached hydrogen (secondary N) is 1. The summed E-state index contributed by atoms with van der Waals surface area (Å²) in [5.74, 6) is 0.384. The van der Waals surface area contributed by atoms with Gasteiger partial charge in [0.2, 0.25) is 0 Å². The van der Waals surface area contributed by atoms with Gasteiger partial charge in [0.1, 0.15) is 17.9 Å². The minimum Gasteiger partial charge on any atom is -0.489 e. The van der Waals surface area contributed by atoms with Gasteiger partial charge >= 0.3 is 0 Å². The number of carbonyl (C=O) groups excluding carboxylic acids is 1. The van der Waals surface area contributed by atoms with Crippen molar-refractivity contribution in [2.45, 2.75) is 37.8 Å². The highest BCUT2D eigenvalue weighted by Gasteiger charge is 2.35. The van der Waals surface area contributed by atoms with Crippen molar-refractivity contribution in [3.05, 3.63) is 59.9 Å². The van der Waals surface area contributed by atoms with Crippen molar-refractivity contribution >= 4 is 5.91 Å². The second kappa shape index (κ2) is 7.14. The number of hydrogen-bond acceptors (Lipinski definition) is 4. The molecular weight excluding hydrogens is 302 g/mol. The zero-order valence-electron chi connectivity index (χ0n) is 13.4. The molecule has 2 aromatic rings. The molecule has 5 nitrogen and oxygen atoms in total. The molecule has 3 rings (SSSR count). The van der Waals surface area contributed by atoms with E-state index in [-0.39, 0.29) is 5.91 Å². The zero-order valence-corrected chi connectivity index (χ0v) is 13.4. The first-order chi connectivity index (χ1) is 11.7. The maximum absolute atomic E-state index is 12.5. The first kappa shape index (κ1) is 16.0. The van der Waals surface area contributed by atoms with Crippen LogP contribution in [0.25, 0.3) is 0 Å². The molecule has 0 bridgehead atoms. The Bertz CT molecular complexity index is 747. The monoisotopic (exact) mass is 321 g/mol. The number of carbonyl (C=O) groups is 1. The summed E-state index contributed by atoms with van der Waals surface area (Å²) in [6, 6.07) is 13.1. The maximum Gasteiger partial charge on any atom is 0.252 e. The van der Waals surface area contributed by atoms with E-state index in [1.807, 2.05) is 18.2 Å². The molecule has 1 saturated carbocycles. The van der Waals surface area contributed by atoms with Gasteiger partial charge in [0, 0.05) is 23.5 Å². The van der Waals surface area contributed by atoms with E-state index < -0.39 is 5.54 Å².